The second kappa shape index (κ2) is 19.2. The normalized spacial score (nSPS) is 53.5. The number of rotatable bonds is 12. The van der Waals surface area contributed by atoms with Crippen LogP contribution >= 0.6 is 0 Å². The Morgan fingerprint density at radius 2 is 1.27 bits per heavy atom. The predicted molar refractivity (Wildman–Crippen MR) is 234 cm³/mol. The average Bonchev–Trinajstić information content (AvgIpc) is 3.64. The summed E-state index contributed by atoms with van der Waals surface area (Å²) in [5, 5.41) is 132. The minimum atomic E-state index is -1.75. The first-order valence-electron chi connectivity index (χ1n) is 24.3. The summed E-state index contributed by atoms with van der Waals surface area (Å²) in [4.78, 5) is 0. The molecule has 0 amide bonds. The molecule has 12 N–H and O–H groups in total. The number of hydrogen-bond donors (Lipinski definition) is 12. The summed E-state index contributed by atoms with van der Waals surface area (Å²) in [7, 11) is 0. The van der Waals surface area contributed by atoms with Gasteiger partial charge >= 0.3 is 0 Å². The molecule has 26 atom stereocenters. The number of ether oxygens (including phenoxy) is 6. The van der Waals surface area contributed by atoms with Crippen LogP contribution in [-0.2, 0) is 28.4 Å². The molecule has 0 spiro atoms. The van der Waals surface area contributed by atoms with E-state index in [1.807, 2.05) is 34.6 Å². The Bertz CT molecular complexity index is 1700. The molecule has 18 heteroatoms. The van der Waals surface area contributed by atoms with Crippen LogP contribution in [0.1, 0.15) is 114 Å². The van der Waals surface area contributed by atoms with Crippen LogP contribution in [0, 0.1) is 45.3 Å². The van der Waals surface area contributed by atoms with E-state index in [4.69, 9.17) is 28.4 Å². The van der Waals surface area contributed by atoms with Gasteiger partial charge in [0.1, 0.15) is 67.1 Å². The zero-order valence-electron chi connectivity index (χ0n) is 40.2. The van der Waals surface area contributed by atoms with E-state index >= 15 is 0 Å². The fraction of sp³-hybridized carbons (Fsp3) is 0.958. The SMILES string of the molecule is CC(C)=CCC[C@](C)(O[C@@H]1O[C@H](CO)[C@@H](O)[C@@H](O)[C@H]1O)[C@H]1CC[C@]2(C)[C@H]1[C@H](O)C[C@H]1[C@@]3(C)CC[C@H](O)C(C)(C)[C@@H]3[C@@H](O[C@@H]3O[C@H](CO)[C@@H](O)[C@H](O)[C@H]3O[C@@H]3O[C@@H](C)[C@H](O)[C@@H](O)[C@H]3O)C[C@]12C. The Morgan fingerprint density at radius 1 is 0.682 bits per heavy atom. The van der Waals surface area contributed by atoms with Crippen molar-refractivity contribution in [1.82, 2.24) is 0 Å². The van der Waals surface area contributed by atoms with Crippen LogP contribution in [0.3, 0.4) is 0 Å². The molecule has 18 nitrogen and oxygen atoms in total. The van der Waals surface area contributed by atoms with Crippen molar-refractivity contribution < 1.29 is 89.7 Å². The first-order chi connectivity index (χ1) is 30.7. The first kappa shape index (κ1) is 52.8. The van der Waals surface area contributed by atoms with Crippen LogP contribution in [0.4, 0.5) is 0 Å². The number of allylic oxidation sites excluding steroid dienone is 2. The fourth-order valence-electron chi connectivity index (χ4n) is 14.9. The molecule has 4 saturated carbocycles. The van der Waals surface area contributed by atoms with Crippen molar-refractivity contribution in [2.45, 2.75) is 230 Å². The average molecular weight is 947 g/mol. The van der Waals surface area contributed by atoms with Gasteiger partial charge in [-0.15, -0.1) is 0 Å². The molecule has 3 aliphatic heterocycles. The maximum atomic E-state index is 12.7. The lowest BCUT2D eigenvalue weighted by molar-refractivity contribution is -0.382. The molecule has 0 unspecified atom stereocenters. The highest BCUT2D eigenvalue weighted by molar-refractivity contribution is 5.22. The molecule has 0 aromatic heterocycles. The second-order valence-electron chi connectivity index (χ2n) is 23.0. The van der Waals surface area contributed by atoms with Crippen molar-refractivity contribution in [2.75, 3.05) is 13.2 Å². The van der Waals surface area contributed by atoms with Crippen molar-refractivity contribution in [2.24, 2.45) is 45.3 Å². The van der Waals surface area contributed by atoms with E-state index in [0.717, 1.165) is 5.57 Å². The van der Waals surface area contributed by atoms with Gasteiger partial charge in [-0.1, -0.05) is 46.3 Å². The van der Waals surface area contributed by atoms with Gasteiger partial charge in [0.25, 0.3) is 0 Å². The van der Waals surface area contributed by atoms with E-state index in [1.54, 1.807) is 0 Å². The third-order valence-electron chi connectivity index (χ3n) is 18.7. The van der Waals surface area contributed by atoms with E-state index in [1.165, 1.54) is 6.92 Å². The molecule has 0 radical (unpaired) electrons. The van der Waals surface area contributed by atoms with Gasteiger partial charge in [-0.05, 0) is 124 Å². The highest BCUT2D eigenvalue weighted by Crippen LogP contribution is 2.76. The molecule has 3 heterocycles. The lowest BCUT2D eigenvalue weighted by Gasteiger charge is -2.72. The molecule has 0 bridgehead atoms. The zero-order valence-corrected chi connectivity index (χ0v) is 40.2. The summed E-state index contributed by atoms with van der Waals surface area (Å²) in [5.74, 6) is -1.12. The number of fused-ring (bicyclic) bond motifs is 5. The largest absolute Gasteiger partial charge is 0.394 e. The summed E-state index contributed by atoms with van der Waals surface area (Å²) in [6.45, 7) is 16.8. The maximum Gasteiger partial charge on any atom is 0.187 e. The smallest absolute Gasteiger partial charge is 0.187 e. The van der Waals surface area contributed by atoms with Gasteiger partial charge in [0.2, 0.25) is 0 Å². The minimum absolute atomic E-state index is 0.0861. The van der Waals surface area contributed by atoms with E-state index in [9.17, 15) is 61.3 Å². The molecule has 3 saturated heterocycles. The molecule has 7 fully saturated rings. The Morgan fingerprint density at radius 3 is 1.89 bits per heavy atom. The zero-order chi connectivity index (χ0) is 48.8. The van der Waals surface area contributed by atoms with Gasteiger partial charge in [-0.25, -0.2) is 0 Å². The van der Waals surface area contributed by atoms with E-state index in [2.05, 4.69) is 26.8 Å². The maximum absolute atomic E-state index is 12.7. The summed E-state index contributed by atoms with van der Waals surface area (Å²) < 4.78 is 38.1. The van der Waals surface area contributed by atoms with Gasteiger partial charge in [-0.2, -0.15) is 0 Å². The Balaban J connectivity index is 1.27. The summed E-state index contributed by atoms with van der Waals surface area (Å²) in [6, 6.07) is 0. The molecule has 382 valence electrons. The molecule has 0 aromatic carbocycles. The van der Waals surface area contributed by atoms with Gasteiger partial charge in [0, 0.05) is 0 Å². The molecular weight excluding hydrogens is 865 g/mol. The fourth-order valence-corrected chi connectivity index (χ4v) is 14.9. The van der Waals surface area contributed by atoms with Crippen molar-refractivity contribution in [3.63, 3.8) is 0 Å². The molecule has 0 aromatic rings. The second-order valence-corrected chi connectivity index (χ2v) is 23.0. The Labute approximate surface area is 388 Å². The molecule has 7 aliphatic rings. The highest BCUT2D eigenvalue weighted by atomic mass is 16.8. The Kier molecular flexibility index (Phi) is 15.4. The number of aliphatic hydroxyl groups excluding tert-OH is 12. The van der Waals surface area contributed by atoms with Gasteiger partial charge in [-0.3, -0.25) is 0 Å². The van der Waals surface area contributed by atoms with Crippen LogP contribution in [0.2, 0.25) is 0 Å². The highest BCUT2D eigenvalue weighted by Gasteiger charge is 2.74. The van der Waals surface area contributed by atoms with Crippen LogP contribution in [0.25, 0.3) is 0 Å². The lowest BCUT2D eigenvalue weighted by atomic mass is 9.34. The van der Waals surface area contributed by atoms with Crippen molar-refractivity contribution in [3.05, 3.63) is 11.6 Å². The molecular formula is C48H82O18. The van der Waals surface area contributed by atoms with Crippen molar-refractivity contribution in [3.8, 4) is 0 Å². The topological polar surface area (TPSA) is 298 Å². The monoisotopic (exact) mass is 947 g/mol. The number of hydrogen-bond acceptors (Lipinski definition) is 18. The summed E-state index contributed by atoms with van der Waals surface area (Å²) >= 11 is 0. The third kappa shape index (κ3) is 8.69. The van der Waals surface area contributed by atoms with Crippen LogP contribution in [-0.4, -0.2) is 191 Å². The lowest BCUT2D eigenvalue weighted by Crippen LogP contribution is -2.71. The number of aliphatic hydroxyl groups is 12. The first-order valence-corrected chi connectivity index (χ1v) is 24.3. The van der Waals surface area contributed by atoms with Crippen LogP contribution in [0.5, 0.6) is 0 Å². The van der Waals surface area contributed by atoms with E-state index in [0.29, 0.717) is 51.4 Å². The van der Waals surface area contributed by atoms with E-state index < -0.39 is 151 Å². The van der Waals surface area contributed by atoms with Crippen molar-refractivity contribution >= 4 is 0 Å². The summed E-state index contributed by atoms with van der Waals surface area (Å²) in [5.41, 5.74) is -2.43. The van der Waals surface area contributed by atoms with Gasteiger partial charge < -0.3 is 89.7 Å². The van der Waals surface area contributed by atoms with Crippen LogP contribution in [0.15, 0.2) is 11.6 Å². The van der Waals surface area contributed by atoms with Crippen LogP contribution < -0.4 is 0 Å². The molecule has 66 heavy (non-hydrogen) atoms. The predicted octanol–water partition coefficient (Wildman–Crippen LogP) is -0.0284. The van der Waals surface area contributed by atoms with Gasteiger partial charge in [0.05, 0.1) is 43.2 Å². The summed E-state index contributed by atoms with van der Waals surface area (Å²) in [6.07, 6.45) is -18.3. The van der Waals surface area contributed by atoms with Crippen molar-refractivity contribution in [1.29, 1.82) is 0 Å². The Hall–Kier alpha value is -0.980. The third-order valence-corrected chi connectivity index (χ3v) is 18.7. The minimum Gasteiger partial charge on any atom is -0.394 e. The standard InChI is InChI=1S/C48H82O18/c1-21(2)11-10-14-48(9,66-42-38(60)35(57)32(54)26(19-49)63-42)23-12-16-46(7)30(23)24(51)17-28-45(6)15-13-29(52)44(4,5)40(45)25(18-47(28,46)8)62-43-39(36(58)33(55)27(20-50)64-43)65-41-37(59)34(56)31(53)22(3)61-41/h11,22-43,49-60H,10,12-20H2,1-9H3/t22-,23-,24+,25-,26+,27+,28-,29-,30+,31-,32+,33+,34+,35+,36-,37+,38+,39+,40-,41-,42-,43+,45+,46+,47+,48-/m0/s1. The molecule has 7 rings (SSSR count). The van der Waals surface area contributed by atoms with E-state index in [-0.39, 0.29) is 23.7 Å². The van der Waals surface area contributed by atoms with Gasteiger partial charge in [0.15, 0.2) is 18.9 Å². The quantitative estimate of drug-likeness (QED) is 0.0904. The molecule has 4 aliphatic carbocycles.